The number of methoxy groups -OCH3 is 1. The Morgan fingerprint density at radius 2 is 2.00 bits per heavy atom. The lowest BCUT2D eigenvalue weighted by Gasteiger charge is -2.16. The number of nitrogens with one attached hydrogen (secondary N) is 2. The number of phenolic OH excluding ortho intramolecular Hbond substituents is 1. The molecule has 1 atom stereocenters. The van der Waals surface area contributed by atoms with Gasteiger partial charge >= 0.3 is 11.8 Å². The van der Waals surface area contributed by atoms with Gasteiger partial charge in [-0.3, -0.25) is 14.9 Å². The van der Waals surface area contributed by atoms with Crippen LogP contribution >= 0.6 is 0 Å². The number of amides is 2. The molecule has 164 valence electrons. The molecule has 0 fully saturated rings. The third-order valence-electron chi connectivity index (χ3n) is 4.05. The lowest BCUT2D eigenvalue weighted by atomic mass is 10.1. The van der Waals surface area contributed by atoms with Gasteiger partial charge in [-0.1, -0.05) is 30.3 Å². The van der Waals surface area contributed by atoms with Crippen LogP contribution in [0.25, 0.3) is 0 Å². The van der Waals surface area contributed by atoms with Crippen molar-refractivity contribution in [2.24, 2.45) is 5.10 Å². The first-order valence-corrected chi connectivity index (χ1v) is 9.21. The molecule has 0 aliphatic heterocycles. The van der Waals surface area contributed by atoms with Crippen LogP contribution < -0.4 is 15.5 Å². The molecule has 0 radical (unpaired) electrons. The van der Waals surface area contributed by atoms with E-state index in [-0.39, 0.29) is 24.3 Å². The van der Waals surface area contributed by atoms with Crippen LogP contribution in [0, 0.1) is 10.1 Å². The van der Waals surface area contributed by atoms with Gasteiger partial charge in [-0.15, -0.1) is 0 Å². The normalized spacial score (nSPS) is 11.5. The third-order valence-corrected chi connectivity index (χ3v) is 4.05. The average molecular weight is 430 g/mol. The molecule has 2 aromatic carbocycles. The maximum atomic E-state index is 12.6. The number of hydrogen-bond acceptors (Lipinski definition) is 8. The van der Waals surface area contributed by atoms with Crippen molar-refractivity contribution >= 4 is 23.9 Å². The Kier molecular flexibility index (Phi) is 8.31. The van der Waals surface area contributed by atoms with E-state index in [2.05, 4.69) is 15.8 Å². The maximum Gasteiger partial charge on any atom is 0.407 e. The molecule has 0 bridgehead atoms. The van der Waals surface area contributed by atoms with Crippen molar-refractivity contribution in [3.8, 4) is 11.5 Å². The van der Waals surface area contributed by atoms with Crippen molar-refractivity contribution in [2.75, 3.05) is 13.7 Å². The molecule has 0 unspecified atom stereocenters. The Morgan fingerprint density at radius 1 is 1.29 bits per heavy atom. The summed E-state index contributed by atoms with van der Waals surface area (Å²) in [6.45, 7) is 1.78. The monoisotopic (exact) mass is 430 g/mol. The number of carbonyl (C=O) groups excluding carboxylic acids is 2. The first-order chi connectivity index (χ1) is 14.8. The molecule has 0 spiro atoms. The van der Waals surface area contributed by atoms with Gasteiger partial charge in [0.1, 0.15) is 6.04 Å². The van der Waals surface area contributed by atoms with E-state index in [0.717, 1.165) is 17.8 Å². The minimum absolute atomic E-state index is 0.118. The van der Waals surface area contributed by atoms with Crippen LogP contribution in [0.4, 0.5) is 10.5 Å². The van der Waals surface area contributed by atoms with Crippen molar-refractivity contribution in [1.82, 2.24) is 10.7 Å². The highest BCUT2D eigenvalue weighted by atomic mass is 16.6. The van der Waals surface area contributed by atoms with Crippen molar-refractivity contribution < 1.29 is 29.1 Å². The van der Waals surface area contributed by atoms with Gasteiger partial charge < -0.3 is 19.9 Å². The van der Waals surface area contributed by atoms with E-state index in [1.54, 1.807) is 31.2 Å². The van der Waals surface area contributed by atoms with E-state index in [1.165, 1.54) is 13.2 Å². The molecule has 11 nitrogen and oxygen atoms in total. The zero-order chi connectivity index (χ0) is 22.8. The number of nitro groups is 1. The molecule has 0 aromatic heterocycles. The highest BCUT2D eigenvalue weighted by Crippen LogP contribution is 2.36. The van der Waals surface area contributed by atoms with Gasteiger partial charge in [0.05, 0.1) is 24.9 Å². The van der Waals surface area contributed by atoms with Gasteiger partial charge in [-0.2, -0.15) is 5.10 Å². The van der Waals surface area contributed by atoms with Gasteiger partial charge in [0.15, 0.2) is 5.75 Å². The van der Waals surface area contributed by atoms with Crippen LogP contribution in [-0.2, 0) is 16.0 Å². The van der Waals surface area contributed by atoms with Crippen LogP contribution in [0.15, 0.2) is 47.6 Å². The second kappa shape index (κ2) is 11.1. The molecule has 0 saturated carbocycles. The number of alkyl carbamates (subject to hydrolysis) is 1. The number of phenols is 1. The second-order valence-electron chi connectivity index (χ2n) is 6.19. The topological polar surface area (TPSA) is 152 Å². The third kappa shape index (κ3) is 6.70. The number of carbonyl (C=O) groups is 2. The van der Waals surface area contributed by atoms with E-state index in [4.69, 9.17) is 9.47 Å². The fraction of sp³-hybridized carbons (Fsp3) is 0.250. The van der Waals surface area contributed by atoms with Crippen molar-refractivity contribution in [3.63, 3.8) is 0 Å². The van der Waals surface area contributed by atoms with E-state index < -0.39 is 34.4 Å². The summed E-state index contributed by atoms with van der Waals surface area (Å²) in [5, 5.41) is 27.1. The molecule has 0 heterocycles. The molecule has 31 heavy (non-hydrogen) atoms. The second-order valence-corrected chi connectivity index (χ2v) is 6.19. The predicted octanol–water partition coefficient (Wildman–Crippen LogP) is 2.12. The number of nitro benzene ring substituents is 1. The lowest BCUT2D eigenvalue weighted by molar-refractivity contribution is -0.386. The number of hydrazone groups is 1. The summed E-state index contributed by atoms with van der Waals surface area (Å²) in [6.07, 6.45) is 0.595. The van der Waals surface area contributed by atoms with Gasteiger partial charge in [0.2, 0.25) is 5.75 Å². The molecular formula is C20H22N4O7. The van der Waals surface area contributed by atoms with Crippen LogP contribution in [0.2, 0.25) is 0 Å². The summed E-state index contributed by atoms with van der Waals surface area (Å²) < 4.78 is 9.75. The molecule has 2 rings (SSSR count). The Hall–Kier alpha value is -4.15. The van der Waals surface area contributed by atoms with Crippen LogP contribution in [-0.4, -0.2) is 48.0 Å². The van der Waals surface area contributed by atoms with E-state index >= 15 is 0 Å². The quantitative estimate of drug-likeness (QED) is 0.313. The number of ether oxygens (including phenoxy) is 2. The Bertz CT molecular complexity index is 964. The zero-order valence-electron chi connectivity index (χ0n) is 16.9. The lowest BCUT2D eigenvalue weighted by Crippen LogP contribution is -2.47. The van der Waals surface area contributed by atoms with Crippen LogP contribution in [0.3, 0.4) is 0 Å². The molecular weight excluding hydrogens is 408 g/mol. The summed E-state index contributed by atoms with van der Waals surface area (Å²) >= 11 is 0. The van der Waals surface area contributed by atoms with Crippen LogP contribution in [0.5, 0.6) is 11.5 Å². The smallest absolute Gasteiger partial charge is 0.407 e. The number of benzene rings is 2. The highest BCUT2D eigenvalue weighted by Gasteiger charge is 2.22. The first-order valence-electron chi connectivity index (χ1n) is 9.21. The van der Waals surface area contributed by atoms with Gasteiger partial charge in [-0.25, -0.2) is 10.2 Å². The van der Waals surface area contributed by atoms with Crippen molar-refractivity contribution in [1.29, 1.82) is 0 Å². The molecule has 0 aliphatic rings. The van der Waals surface area contributed by atoms with E-state index in [0.29, 0.717) is 0 Å². The van der Waals surface area contributed by atoms with E-state index in [9.17, 15) is 24.8 Å². The first kappa shape index (κ1) is 23.1. The summed E-state index contributed by atoms with van der Waals surface area (Å²) in [7, 11) is 1.25. The minimum atomic E-state index is -0.970. The van der Waals surface area contributed by atoms with E-state index in [1.807, 2.05) is 6.07 Å². The summed E-state index contributed by atoms with van der Waals surface area (Å²) in [6, 6.07) is 10.5. The minimum Gasteiger partial charge on any atom is -0.500 e. The SMILES string of the molecule is CCOC(=O)N[C@H](Cc1ccccc1)C(=O)N/N=C\c1cc(OC)c(O)c([N+](=O)[O-])c1. The van der Waals surface area contributed by atoms with Crippen LogP contribution in [0.1, 0.15) is 18.1 Å². The average Bonchev–Trinajstić information content (AvgIpc) is 2.74. The zero-order valence-corrected chi connectivity index (χ0v) is 16.9. The Labute approximate surface area is 177 Å². The van der Waals surface area contributed by atoms with Crippen molar-refractivity contribution in [3.05, 3.63) is 63.7 Å². The maximum absolute atomic E-state index is 12.6. The molecule has 2 aromatic rings. The van der Waals surface area contributed by atoms with Gasteiger partial charge in [0.25, 0.3) is 5.91 Å². The molecule has 0 aliphatic carbocycles. The molecule has 0 saturated heterocycles. The van der Waals surface area contributed by atoms with Gasteiger partial charge in [0, 0.05) is 18.1 Å². The number of hydrogen-bond donors (Lipinski definition) is 3. The fourth-order valence-corrected chi connectivity index (χ4v) is 2.61. The summed E-state index contributed by atoms with van der Waals surface area (Å²) in [4.78, 5) is 34.7. The van der Waals surface area contributed by atoms with Crippen molar-refractivity contribution in [2.45, 2.75) is 19.4 Å². The predicted molar refractivity (Wildman–Crippen MR) is 111 cm³/mol. The van der Waals surface area contributed by atoms with Gasteiger partial charge in [-0.05, 0) is 18.6 Å². The number of nitrogens with zero attached hydrogens (tertiary/aromatic N) is 2. The number of aromatic hydroxyl groups is 1. The molecule has 11 heteroatoms. The summed E-state index contributed by atoms with van der Waals surface area (Å²) in [5.41, 5.74) is 2.73. The standard InChI is InChI=1S/C20H22N4O7/c1-3-31-20(27)22-15(9-13-7-5-4-6-8-13)19(26)23-21-12-14-10-16(24(28)29)18(25)17(11-14)30-2/h4-8,10-12,15,25H,3,9H2,1-2H3,(H,22,27)(H,23,26)/b21-12-/t15-/m1/s1. The molecule has 3 N–H and O–H groups in total. The molecule has 2 amide bonds. The Balaban J connectivity index is 2.15. The fourth-order valence-electron chi connectivity index (χ4n) is 2.61. The summed E-state index contributed by atoms with van der Waals surface area (Å²) in [5.74, 6) is -1.35. The highest BCUT2D eigenvalue weighted by molar-refractivity contribution is 5.88. The largest absolute Gasteiger partial charge is 0.500 e. The number of rotatable bonds is 9. The Morgan fingerprint density at radius 3 is 2.61 bits per heavy atom.